The van der Waals surface area contributed by atoms with Crippen molar-refractivity contribution in [1.82, 2.24) is 9.97 Å². The van der Waals surface area contributed by atoms with Gasteiger partial charge in [0, 0.05) is 0 Å². The molecule has 7 nitrogen and oxygen atoms in total. The molecule has 0 aliphatic carbocycles. The number of aromatic amines is 1. The molecule has 16 heavy (non-hydrogen) atoms. The minimum atomic E-state index is -1.38. The van der Waals surface area contributed by atoms with Crippen LogP contribution in [0.25, 0.3) is 11.0 Å². The molecule has 0 unspecified atom stereocenters. The molecule has 2 N–H and O–H groups in total. The van der Waals surface area contributed by atoms with Gasteiger partial charge < -0.3 is 10.1 Å². The summed E-state index contributed by atoms with van der Waals surface area (Å²) in [6.45, 7) is 0. The zero-order chi connectivity index (χ0) is 11.9. The Morgan fingerprint density at radius 2 is 2.31 bits per heavy atom. The van der Waals surface area contributed by atoms with Crippen LogP contribution in [0, 0.1) is 10.1 Å². The Morgan fingerprint density at radius 1 is 1.62 bits per heavy atom. The first kappa shape index (κ1) is 10.6. The minimum absolute atomic E-state index is 0.0717. The van der Waals surface area contributed by atoms with Crippen molar-refractivity contribution in [3.05, 3.63) is 32.5 Å². The molecular formula is C8H4BrN3O4. The maximum Gasteiger partial charge on any atom is 0.345 e. The van der Waals surface area contributed by atoms with Crippen LogP contribution in [0.1, 0.15) is 10.4 Å². The Balaban J connectivity index is 2.96. The molecule has 0 saturated heterocycles. The highest BCUT2D eigenvalue weighted by Crippen LogP contribution is 2.33. The highest BCUT2D eigenvalue weighted by molar-refractivity contribution is 9.10. The van der Waals surface area contributed by atoms with Crippen molar-refractivity contribution in [3.8, 4) is 0 Å². The molecular weight excluding hydrogens is 282 g/mol. The van der Waals surface area contributed by atoms with E-state index in [0.29, 0.717) is 5.52 Å². The number of nitrogens with zero attached hydrogens (tertiary/aromatic N) is 2. The number of halogens is 1. The van der Waals surface area contributed by atoms with Gasteiger partial charge in [0.2, 0.25) is 0 Å². The number of hydrogen-bond donors (Lipinski definition) is 2. The molecule has 2 aromatic rings. The molecule has 0 fully saturated rings. The van der Waals surface area contributed by atoms with Gasteiger partial charge >= 0.3 is 5.97 Å². The first-order chi connectivity index (χ1) is 7.52. The van der Waals surface area contributed by atoms with Gasteiger partial charge in [0.05, 0.1) is 21.2 Å². The molecule has 82 valence electrons. The summed E-state index contributed by atoms with van der Waals surface area (Å²) in [5.74, 6) is -1.38. The molecule has 0 aliphatic heterocycles. The minimum Gasteiger partial charge on any atom is -0.477 e. The largest absolute Gasteiger partial charge is 0.477 e. The van der Waals surface area contributed by atoms with E-state index < -0.39 is 22.1 Å². The van der Waals surface area contributed by atoms with Crippen LogP contribution < -0.4 is 0 Å². The van der Waals surface area contributed by atoms with Gasteiger partial charge in [-0.15, -0.1) is 0 Å². The lowest BCUT2D eigenvalue weighted by atomic mass is 10.1. The molecule has 2 rings (SSSR count). The first-order valence-electron chi connectivity index (χ1n) is 4.05. The van der Waals surface area contributed by atoms with Crippen molar-refractivity contribution >= 4 is 38.6 Å². The summed E-state index contributed by atoms with van der Waals surface area (Å²) in [6, 6.07) is 1.42. The van der Waals surface area contributed by atoms with E-state index in [1.165, 1.54) is 12.4 Å². The van der Waals surface area contributed by atoms with Crippen molar-refractivity contribution < 1.29 is 14.8 Å². The van der Waals surface area contributed by atoms with Crippen molar-refractivity contribution in [2.24, 2.45) is 0 Å². The average molecular weight is 286 g/mol. The lowest BCUT2D eigenvalue weighted by Gasteiger charge is -2.01. The number of H-pyrrole nitrogens is 1. The van der Waals surface area contributed by atoms with E-state index in [-0.39, 0.29) is 9.99 Å². The van der Waals surface area contributed by atoms with Crippen LogP contribution in [0.2, 0.25) is 0 Å². The zero-order valence-corrected chi connectivity index (χ0v) is 9.19. The van der Waals surface area contributed by atoms with Gasteiger partial charge in [-0.3, -0.25) is 10.1 Å². The van der Waals surface area contributed by atoms with Crippen molar-refractivity contribution in [2.45, 2.75) is 0 Å². The second-order valence-corrected chi connectivity index (χ2v) is 3.80. The monoisotopic (exact) mass is 285 g/mol. The molecule has 0 bridgehead atoms. The first-order valence-corrected chi connectivity index (χ1v) is 4.85. The van der Waals surface area contributed by atoms with Crippen LogP contribution in [0.4, 0.5) is 5.69 Å². The number of carboxylic acid groups (broad SMARTS) is 1. The van der Waals surface area contributed by atoms with E-state index in [9.17, 15) is 14.9 Å². The maximum atomic E-state index is 11.0. The normalized spacial score (nSPS) is 10.6. The SMILES string of the molecule is O=C(O)c1c([N+](=O)[O-])c(Br)cc2[nH]cnc12. The Labute approximate surface area is 96.4 Å². The molecule has 0 amide bonds. The summed E-state index contributed by atoms with van der Waals surface area (Å²) in [4.78, 5) is 27.5. The fraction of sp³-hybridized carbons (Fsp3) is 0. The third-order valence-corrected chi connectivity index (χ3v) is 2.64. The summed E-state index contributed by atoms with van der Waals surface area (Å²) in [6.07, 6.45) is 1.28. The van der Waals surface area contributed by atoms with Gasteiger partial charge in [-0.1, -0.05) is 0 Å². The quantitative estimate of drug-likeness (QED) is 0.647. The Morgan fingerprint density at radius 3 is 2.88 bits per heavy atom. The predicted octanol–water partition coefficient (Wildman–Crippen LogP) is 1.93. The lowest BCUT2D eigenvalue weighted by molar-refractivity contribution is -0.385. The summed E-state index contributed by atoms with van der Waals surface area (Å²) in [5.41, 5.74) is -0.417. The number of carboxylic acids is 1. The third kappa shape index (κ3) is 1.43. The molecule has 0 atom stereocenters. The second-order valence-electron chi connectivity index (χ2n) is 2.94. The van der Waals surface area contributed by atoms with E-state index >= 15 is 0 Å². The van der Waals surface area contributed by atoms with Crippen molar-refractivity contribution in [2.75, 3.05) is 0 Å². The standard InChI is InChI=1S/C8H4BrN3O4/c9-3-1-4-6(11-2-10-4)5(8(13)14)7(3)12(15)16/h1-2H,(H,10,11)(H,13,14). The highest BCUT2D eigenvalue weighted by Gasteiger charge is 2.28. The average Bonchev–Trinajstić information content (AvgIpc) is 2.61. The number of benzene rings is 1. The fourth-order valence-corrected chi connectivity index (χ4v) is 1.99. The van der Waals surface area contributed by atoms with E-state index in [0.717, 1.165) is 0 Å². The van der Waals surface area contributed by atoms with Crippen LogP contribution in [-0.4, -0.2) is 26.0 Å². The van der Waals surface area contributed by atoms with Gasteiger partial charge in [0.25, 0.3) is 5.69 Å². The number of aromatic nitrogens is 2. The number of carbonyl (C=O) groups is 1. The number of aromatic carboxylic acids is 1. The number of hydrogen-bond acceptors (Lipinski definition) is 4. The van der Waals surface area contributed by atoms with Crippen LogP contribution in [-0.2, 0) is 0 Å². The smallest absolute Gasteiger partial charge is 0.345 e. The van der Waals surface area contributed by atoms with Gasteiger partial charge in [0.15, 0.2) is 5.56 Å². The van der Waals surface area contributed by atoms with Crippen molar-refractivity contribution in [3.63, 3.8) is 0 Å². The summed E-state index contributed by atoms with van der Waals surface area (Å²) >= 11 is 2.97. The number of nitrogens with one attached hydrogen (secondary N) is 1. The van der Waals surface area contributed by atoms with E-state index in [1.807, 2.05) is 0 Å². The molecule has 0 saturated carbocycles. The summed E-state index contributed by atoms with van der Waals surface area (Å²) in [7, 11) is 0. The Bertz CT molecular complexity index is 607. The topological polar surface area (TPSA) is 109 Å². The highest BCUT2D eigenvalue weighted by atomic mass is 79.9. The molecule has 1 aromatic carbocycles. The van der Waals surface area contributed by atoms with Gasteiger partial charge in [-0.05, 0) is 22.0 Å². The Hall–Kier alpha value is -1.96. The second kappa shape index (κ2) is 3.56. The predicted molar refractivity (Wildman–Crippen MR) is 57.4 cm³/mol. The zero-order valence-electron chi connectivity index (χ0n) is 7.60. The van der Waals surface area contributed by atoms with E-state index in [2.05, 4.69) is 25.9 Å². The number of imidazole rings is 1. The van der Waals surface area contributed by atoms with Crippen LogP contribution in [0.3, 0.4) is 0 Å². The molecule has 1 heterocycles. The molecule has 0 aliphatic rings. The molecule has 0 radical (unpaired) electrons. The number of rotatable bonds is 2. The maximum absolute atomic E-state index is 11.0. The molecule has 8 heteroatoms. The van der Waals surface area contributed by atoms with Gasteiger partial charge in [-0.25, -0.2) is 9.78 Å². The van der Waals surface area contributed by atoms with Crippen molar-refractivity contribution in [1.29, 1.82) is 0 Å². The van der Waals surface area contributed by atoms with Gasteiger partial charge in [-0.2, -0.15) is 0 Å². The summed E-state index contributed by atoms with van der Waals surface area (Å²) in [5, 5.41) is 19.8. The number of fused-ring (bicyclic) bond motifs is 1. The number of nitro benzene ring substituents is 1. The summed E-state index contributed by atoms with van der Waals surface area (Å²) < 4.78 is 0.103. The molecule has 1 aromatic heterocycles. The van der Waals surface area contributed by atoms with Crippen LogP contribution in [0.15, 0.2) is 16.9 Å². The third-order valence-electron chi connectivity index (χ3n) is 2.04. The number of nitro groups is 1. The molecule has 0 spiro atoms. The Kier molecular flexibility index (Phi) is 2.35. The van der Waals surface area contributed by atoms with Crippen LogP contribution >= 0.6 is 15.9 Å². The van der Waals surface area contributed by atoms with Crippen LogP contribution in [0.5, 0.6) is 0 Å². The lowest BCUT2D eigenvalue weighted by Crippen LogP contribution is -2.04. The fourth-order valence-electron chi connectivity index (χ4n) is 1.42. The van der Waals surface area contributed by atoms with Gasteiger partial charge in [0.1, 0.15) is 5.52 Å². The van der Waals surface area contributed by atoms with E-state index in [1.54, 1.807) is 0 Å². The van der Waals surface area contributed by atoms with E-state index in [4.69, 9.17) is 5.11 Å².